The van der Waals surface area contributed by atoms with Crippen molar-refractivity contribution in [3.8, 4) is 0 Å². The Morgan fingerprint density at radius 1 is 0.462 bits per heavy atom. The van der Waals surface area contributed by atoms with Gasteiger partial charge in [0.1, 0.15) is 0 Å². The van der Waals surface area contributed by atoms with Gasteiger partial charge in [-0.1, -0.05) is 79.7 Å². The smallest absolute Gasteiger partial charge is 0.258 e. The van der Waals surface area contributed by atoms with Crippen molar-refractivity contribution in [3.05, 3.63) is 82.0 Å². The lowest BCUT2D eigenvalue weighted by molar-refractivity contribution is -0.121. The van der Waals surface area contributed by atoms with Crippen LogP contribution in [0.5, 0.6) is 0 Å². The van der Waals surface area contributed by atoms with Gasteiger partial charge in [0.15, 0.2) is 0 Å². The summed E-state index contributed by atoms with van der Waals surface area (Å²) in [5.41, 5.74) is 7.43. The Bertz CT molecular complexity index is 1220. The maximum absolute atomic E-state index is 12.7. The molecule has 0 aliphatic carbocycles. The third-order valence-corrected chi connectivity index (χ3v) is 7.42. The molecule has 0 fully saturated rings. The predicted octanol–water partition coefficient (Wildman–Crippen LogP) is 6.63. The molecule has 0 atom stereocenters. The molecular formula is C33H38N2O4. The maximum Gasteiger partial charge on any atom is 0.258 e. The quantitative estimate of drug-likeness (QED) is 0.362. The summed E-state index contributed by atoms with van der Waals surface area (Å²) >= 11 is 0. The molecule has 6 nitrogen and oxygen atoms in total. The van der Waals surface area contributed by atoms with Gasteiger partial charge in [-0.3, -0.25) is 19.2 Å². The van der Waals surface area contributed by atoms with Gasteiger partial charge in [-0.15, -0.1) is 0 Å². The molecule has 0 aromatic heterocycles. The topological polar surface area (TPSA) is 74.8 Å². The van der Waals surface area contributed by atoms with Crippen LogP contribution < -0.4 is 9.80 Å². The SMILES string of the molecule is CC(C)c1cc(Cc2cc(C(C)C)c(N3C(=O)C=CC3=O)c(C(C)C)c2)cc(C(C)C)c1N1C(=O)C=CC1=O. The van der Waals surface area contributed by atoms with E-state index in [1.165, 1.54) is 34.1 Å². The van der Waals surface area contributed by atoms with Crippen molar-refractivity contribution in [3.63, 3.8) is 0 Å². The monoisotopic (exact) mass is 526 g/mol. The third kappa shape index (κ3) is 5.25. The molecule has 4 amide bonds. The first-order chi connectivity index (χ1) is 18.3. The predicted molar refractivity (Wildman–Crippen MR) is 155 cm³/mol. The Morgan fingerprint density at radius 3 is 0.897 bits per heavy atom. The summed E-state index contributed by atoms with van der Waals surface area (Å²) in [5, 5.41) is 0. The molecule has 4 rings (SSSR count). The molecule has 0 spiro atoms. The van der Waals surface area contributed by atoms with Gasteiger partial charge >= 0.3 is 0 Å². The van der Waals surface area contributed by atoms with Crippen LogP contribution in [0.15, 0.2) is 48.6 Å². The third-order valence-electron chi connectivity index (χ3n) is 7.42. The van der Waals surface area contributed by atoms with Crippen molar-refractivity contribution in [2.24, 2.45) is 0 Å². The number of hydrogen-bond donors (Lipinski definition) is 0. The molecule has 0 saturated carbocycles. The van der Waals surface area contributed by atoms with E-state index < -0.39 is 0 Å². The number of rotatable bonds is 8. The molecule has 6 heteroatoms. The summed E-state index contributed by atoms with van der Waals surface area (Å²) in [6.07, 6.45) is 5.97. The van der Waals surface area contributed by atoms with Gasteiger partial charge in [0.05, 0.1) is 11.4 Å². The van der Waals surface area contributed by atoms with Gasteiger partial charge in [-0.05, 0) is 63.5 Å². The van der Waals surface area contributed by atoms with E-state index >= 15 is 0 Å². The Kier molecular flexibility index (Phi) is 7.78. The van der Waals surface area contributed by atoms with Crippen LogP contribution in [0.4, 0.5) is 11.4 Å². The molecule has 2 aliphatic rings. The number of carbonyl (C=O) groups is 4. The van der Waals surface area contributed by atoms with Crippen LogP contribution in [0, 0.1) is 0 Å². The number of imide groups is 2. The van der Waals surface area contributed by atoms with Gasteiger partial charge < -0.3 is 0 Å². The molecule has 0 saturated heterocycles. The molecule has 2 aliphatic heterocycles. The number of amides is 4. The van der Waals surface area contributed by atoms with Gasteiger partial charge in [-0.2, -0.15) is 0 Å². The van der Waals surface area contributed by atoms with E-state index in [1.807, 2.05) is 0 Å². The zero-order valence-corrected chi connectivity index (χ0v) is 24.2. The van der Waals surface area contributed by atoms with Crippen molar-refractivity contribution in [2.75, 3.05) is 9.80 Å². The van der Waals surface area contributed by atoms with E-state index in [9.17, 15) is 19.2 Å². The molecule has 2 aromatic carbocycles. The van der Waals surface area contributed by atoms with Crippen molar-refractivity contribution < 1.29 is 19.2 Å². The highest BCUT2D eigenvalue weighted by Crippen LogP contribution is 2.41. The summed E-state index contributed by atoms with van der Waals surface area (Å²) < 4.78 is 0. The van der Waals surface area contributed by atoms with Crippen LogP contribution in [-0.2, 0) is 25.6 Å². The van der Waals surface area contributed by atoms with Crippen LogP contribution in [0.3, 0.4) is 0 Å². The number of hydrogen-bond acceptors (Lipinski definition) is 4. The minimum Gasteiger partial charge on any atom is -0.269 e. The summed E-state index contributed by atoms with van der Waals surface area (Å²) in [6.45, 7) is 16.6. The van der Waals surface area contributed by atoms with Gasteiger partial charge in [0.25, 0.3) is 23.6 Å². The van der Waals surface area contributed by atoms with E-state index in [0.717, 1.165) is 33.4 Å². The van der Waals surface area contributed by atoms with Gasteiger partial charge in [-0.25, -0.2) is 9.80 Å². The normalized spacial score (nSPS) is 15.6. The lowest BCUT2D eigenvalue weighted by atomic mass is 9.85. The average molecular weight is 527 g/mol. The fourth-order valence-electron chi connectivity index (χ4n) is 5.45. The molecular weight excluding hydrogens is 488 g/mol. The molecule has 0 bridgehead atoms. The first-order valence-corrected chi connectivity index (χ1v) is 13.8. The summed E-state index contributed by atoms with van der Waals surface area (Å²) in [5.74, 6) is -0.856. The Morgan fingerprint density at radius 2 is 0.692 bits per heavy atom. The average Bonchev–Trinajstić information content (AvgIpc) is 3.37. The Hall–Kier alpha value is -3.80. The molecule has 204 valence electrons. The Labute approximate surface area is 231 Å². The minimum absolute atomic E-state index is 0.0955. The molecule has 39 heavy (non-hydrogen) atoms. The summed E-state index contributed by atoms with van der Waals surface area (Å²) in [4.78, 5) is 53.3. The fourth-order valence-corrected chi connectivity index (χ4v) is 5.45. The number of carbonyl (C=O) groups excluding carboxylic acids is 4. The van der Waals surface area contributed by atoms with Gasteiger partial charge in [0, 0.05) is 24.3 Å². The zero-order valence-electron chi connectivity index (χ0n) is 24.2. The molecule has 0 unspecified atom stereocenters. The number of benzene rings is 2. The summed E-state index contributed by atoms with van der Waals surface area (Å²) in [7, 11) is 0. The molecule has 0 N–H and O–H groups in total. The minimum atomic E-state index is -0.309. The molecule has 2 aromatic rings. The van der Waals surface area contributed by atoms with Crippen LogP contribution in [0.25, 0.3) is 0 Å². The first-order valence-electron chi connectivity index (χ1n) is 13.8. The maximum atomic E-state index is 12.7. The largest absolute Gasteiger partial charge is 0.269 e. The highest BCUT2D eigenvalue weighted by Gasteiger charge is 2.33. The van der Waals surface area contributed by atoms with Crippen molar-refractivity contribution >= 4 is 35.0 Å². The molecule has 2 heterocycles. The van der Waals surface area contributed by atoms with Crippen LogP contribution >= 0.6 is 0 Å². The van der Waals surface area contributed by atoms with E-state index in [2.05, 4.69) is 79.7 Å². The van der Waals surface area contributed by atoms with Crippen molar-refractivity contribution in [1.82, 2.24) is 0 Å². The highest BCUT2D eigenvalue weighted by molar-refractivity contribution is 6.29. The van der Waals surface area contributed by atoms with Crippen LogP contribution in [0.2, 0.25) is 0 Å². The molecule has 0 radical (unpaired) electrons. The second-order valence-electron chi connectivity index (χ2n) is 11.7. The van der Waals surface area contributed by atoms with Crippen LogP contribution in [0.1, 0.15) is 112 Å². The van der Waals surface area contributed by atoms with Crippen molar-refractivity contribution in [1.29, 1.82) is 0 Å². The van der Waals surface area contributed by atoms with E-state index in [1.54, 1.807) is 0 Å². The van der Waals surface area contributed by atoms with E-state index in [0.29, 0.717) is 17.8 Å². The lowest BCUT2D eigenvalue weighted by Crippen LogP contribution is -2.32. The van der Waals surface area contributed by atoms with Crippen LogP contribution in [-0.4, -0.2) is 23.6 Å². The van der Waals surface area contributed by atoms with E-state index in [-0.39, 0.29) is 47.3 Å². The van der Waals surface area contributed by atoms with E-state index in [4.69, 9.17) is 0 Å². The standard InChI is InChI=1S/C33H38N2O4/c1-18(2)24-14-22(15-25(19(3)4)32(24)34-28(36)9-10-29(34)37)13-23-16-26(20(5)6)33(27(17-23)21(7)8)35-30(38)11-12-31(35)39/h9-12,14-21H,13H2,1-8H3. The van der Waals surface area contributed by atoms with Gasteiger partial charge in [0.2, 0.25) is 0 Å². The fraction of sp³-hybridized carbons (Fsp3) is 0.394. The second kappa shape index (κ2) is 10.8. The summed E-state index contributed by atoms with van der Waals surface area (Å²) in [6, 6.07) is 8.45. The Balaban J connectivity index is 1.86. The number of nitrogens with zero attached hydrogens (tertiary/aromatic N) is 2. The van der Waals surface area contributed by atoms with Crippen molar-refractivity contribution in [2.45, 2.75) is 85.5 Å². The zero-order chi connectivity index (χ0) is 28.8. The lowest BCUT2D eigenvalue weighted by Gasteiger charge is -2.28. The second-order valence-corrected chi connectivity index (χ2v) is 11.7. The number of anilines is 2. The highest BCUT2D eigenvalue weighted by atomic mass is 16.2. The first kappa shape index (κ1) is 28.2.